The predicted octanol–water partition coefficient (Wildman–Crippen LogP) is 2.64. The van der Waals surface area contributed by atoms with E-state index < -0.39 is 5.82 Å². The topological polar surface area (TPSA) is 50.8 Å². The first-order valence-corrected chi connectivity index (χ1v) is 8.10. The van der Waals surface area contributed by atoms with Crippen LogP contribution in [-0.2, 0) is 9.63 Å². The molecule has 0 atom stereocenters. The van der Waals surface area contributed by atoms with Crippen LogP contribution >= 0.6 is 11.6 Å². The van der Waals surface area contributed by atoms with Crippen molar-refractivity contribution in [2.24, 2.45) is 5.92 Å². The summed E-state index contributed by atoms with van der Waals surface area (Å²) in [5, 5.41) is 4.92. The molecule has 0 bridgehead atoms. The molecule has 0 radical (unpaired) electrons. The quantitative estimate of drug-likeness (QED) is 0.773. The number of rotatable bonds is 7. The number of halogens is 2. The number of hydroxylamine groups is 2. The molecule has 7 heteroatoms. The van der Waals surface area contributed by atoms with E-state index in [2.05, 4.69) is 5.32 Å². The largest absolute Gasteiger partial charge is 0.487 e. The summed E-state index contributed by atoms with van der Waals surface area (Å²) in [6.45, 7) is 2.20. The molecule has 1 N–H and O–H groups in total. The Hall–Kier alpha value is -1.37. The third-order valence-electron chi connectivity index (χ3n) is 3.90. The number of amides is 1. The van der Waals surface area contributed by atoms with Gasteiger partial charge in [0.15, 0.2) is 11.6 Å². The Morgan fingerprint density at radius 1 is 1.43 bits per heavy atom. The Labute approximate surface area is 140 Å². The molecule has 1 heterocycles. The summed E-state index contributed by atoms with van der Waals surface area (Å²) in [6.07, 6.45) is 2.39. The summed E-state index contributed by atoms with van der Waals surface area (Å²) < 4.78 is 18.8. The molecule has 0 saturated carbocycles. The molecule has 1 aromatic carbocycles. The highest BCUT2D eigenvalue weighted by Crippen LogP contribution is 2.27. The molecule has 1 fully saturated rings. The number of nitrogens with one attached hydrogen (secondary N) is 1. The van der Waals surface area contributed by atoms with Gasteiger partial charge < -0.3 is 14.9 Å². The van der Waals surface area contributed by atoms with Gasteiger partial charge in [0.2, 0.25) is 5.91 Å². The Bertz CT molecular complexity index is 502. The summed E-state index contributed by atoms with van der Waals surface area (Å²) in [5.41, 5.74) is 0. The first-order chi connectivity index (χ1) is 11.1. The van der Waals surface area contributed by atoms with Crippen LogP contribution in [0.1, 0.15) is 19.3 Å². The SMILES string of the molecule is CON1CCC(CC(=O)NCCOc2c(F)cccc2Cl)CC1. The van der Waals surface area contributed by atoms with E-state index in [0.29, 0.717) is 18.9 Å². The normalized spacial score (nSPS) is 16.3. The predicted molar refractivity (Wildman–Crippen MR) is 85.8 cm³/mol. The van der Waals surface area contributed by atoms with Gasteiger partial charge in [-0.15, -0.1) is 0 Å². The average Bonchev–Trinajstić information content (AvgIpc) is 2.54. The average molecular weight is 345 g/mol. The Morgan fingerprint density at radius 3 is 2.83 bits per heavy atom. The van der Waals surface area contributed by atoms with Gasteiger partial charge in [-0.05, 0) is 30.9 Å². The van der Waals surface area contributed by atoms with Gasteiger partial charge in [0.1, 0.15) is 6.61 Å². The molecule has 1 aliphatic heterocycles. The fraction of sp³-hybridized carbons (Fsp3) is 0.562. The number of hydrogen-bond acceptors (Lipinski definition) is 4. The molecule has 0 spiro atoms. The summed E-state index contributed by atoms with van der Waals surface area (Å²) in [7, 11) is 1.66. The molecule has 23 heavy (non-hydrogen) atoms. The minimum Gasteiger partial charge on any atom is -0.487 e. The Kier molecular flexibility index (Phi) is 7.08. The van der Waals surface area contributed by atoms with E-state index in [1.54, 1.807) is 13.2 Å². The maximum Gasteiger partial charge on any atom is 0.220 e. The van der Waals surface area contributed by atoms with E-state index >= 15 is 0 Å². The lowest BCUT2D eigenvalue weighted by molar-refractivity contribution is -0.149. The number of hydrogen-bond donors (Lipinski definition) is 1. The van der Waals surface area contributed by atoms with Gasteiger partial charge in [0.25, 0.3) is 0 Å². The second-order valence-corrected chi connectivity index (χ2v) is 5.92. The second-order valence-electron chi connectivity index (χ2n) is 5.51. The number of carbonyl (C=O) groups excluding carboxylic acids is 1. The van der Waals surface area contributed by atoms with Crippen molar-refractivity contribution in [3.8, 4) is 5.75 Å². The van der Waals surface area contributed by atoms with Crippen LogP contribution in [0, 0.1) is 11.7 Å². The van der Waals surface area contributed by atoms with Crippen molar-refractivity contribution < 1.29 is 18.8 Å². The van der Waals surface area contributed by atoms with Crippen molar-refractivity contribution in [2.45, 2.75) is 19.3 Å². The van der Waals surface area contributed by atoms with Crippen molar-refractivity contribution in [3.05, 3.63) is 29.0 Å². The second kappa shape index (κ2) is 9.05. The smallest absolute Gasteiger partial charge is 0.220 e. The maximum absolute atomic E-state index is 13.5. The number of para-hydroxylation sites is 1. The van der Waals surface area contributed by atoms with E-state index in [1.807, 2.05) is 5.06 Å². The number of ether oxygens (including phenoxy) is 1. The summed E-state index contributed by atoms with van der Waals surface area (Å²) in [6, 6.07) is 4.36. The molecule has 128 valence electrons. The van der Waals surface area contributed by atoms with E-state index in [-0.39, 0.29) is 23.3 Å². The highest BCUT2D eigenvalue weighted by Gasteiger charge is 2.21. The van der Waals surface area contributed by atoms with Crippen LogP contribution in [0.5, 0.6) is 5.75 Å². The lowest BCUT2D eigenvalue weighted by Crippen LogP contribution is -2.36. The molecule has 5 nitrogen and oxygen atoms in total. The zero-order valence-electron chi connectivity index (χ0n) is 13.2. The van der Waals surface area contributed by atoms with Crippen LogP contribution in [0.3, 0.4) is 0 Å². The van der Waals surface area contributed by atoms with Crippen molar-refractivity contribution in [3.63, 3.8) is 0 Å². The van der Waals surface area contributed by atoms with Crippen LogP contribution in [-0.4, -0.2) is 44.3 Å². The van der Waals surface area contributed by atoms with Crippen molar-refractivity contribution in [2.75, 3.05) is 33.4 Å². The molecule has 1 amide bonds. The lowest BCUT2D eigenvalue weighted by Gasteiger charge is -2.29. The summed E-state index contributed by atoms with van der Waals surface area (Å²) in [5.74, 6) is -0.114. The maximum atomic E-state index is 13.5. The molecule has 0 unspecified atom stereocenters. The fourth-order valence-corrected chi connectivity index (χ4v) is 2.81. The van der Waals surface area contributed by atoms with Gasteiger partial charge in [-0.3, -0.25) is 4.79 Å². The summed E-state index contributed by atoms with van der Waals surface area (Å²) in [4.78, 5) is 17.1. The van der Waals surface area contributed by atoms with E-state index in [1.165, 1.54) is 12.1 Å². The molecular weight excluding hydrogens is 323 g/mol. The van der Waals surface area contributed by atoms with Crippen molar-refractivity contribution in [1.82, 2.24) is 10.4 Å². The van der Waals surface area contributed by atoms with Gasteiger partial charge in [0.05, 0.1) is 18.7 Å². The molecule has 1 saturated heterocycles. The first kappa shape index (κ1) is 18.0. The standard InChI is InChI=1S/C16H22ClFN2O3/c1-22-20-8-5-12(6-9-20)11-15(21)19-7-10-23-16-13(17)3-2-4-14(16)18/h2-4,12H,5-11H2,1H3,(H,19,21). The van der Waals surface area contributed by atoms with Crippen LogP contribution in [0.2, 0.25) is 5.02 Å². The molecule has 2 rings (SSSR count). The van der Waals surface area contributed by atoms with E-state index in [4.69, 9.17) is 21.2 Å². The van der Waals surface area contributed by atoms with Gasteiger partial charge >= 0.3 is 0 Å². The minimum absolute atomic E-state index is 0.0101. The monoisotopic (exact) mass is 344 g/mol. The lowest BCUT2D eigenvalue weighted by atomic mass is 9.94. The van der Waals surface area contributed by atoms with Crippen LogP contribution in [0.4, 0.5) is 4.39 Å². The molecular formula is C16H22ClFN2O3. The van der Waals surface area contributed by atoms with Crippen molar-refractivity contribution in [1.29, 1.82) is 0 Å². The fourth-order valence-electron chi connectivity index (χ4n) is 2.59. The van der Waals surface area contributed by atoms with E-state index in [9.17, 15) is 9.18 Å². The number of nitrogens with zero attached hydrogens (tertiary/aromatic N) is 1. The third kappa shape index (κ3) is 5.64. The number of piperidine rings is 1. The Balaban J connectivity index is 1.64. The van der Waals surface area contributed by atoms with Gasteiger partial charge in [-0.25, -0.2) is 4.39 Å². The summed E-state index contributed by atoms with van der Waals surface area (Å²) >= 11 is 5.86. The van der Waals surface area contributed by atoms with Crippen LogP contribution < -0.4 is 10.1 Å². The highest BCUT2D eigenvalue weighted by molar-refractivity contribution is 6.32. The molecule has 0 aliphatic carbocycles. The van der Waals surface area contributed by atoms with Gasteiger partial charge in [0, 0.05) is 19.5 Å². The minimum atomic E-state index is -0.506. The number of benzene rings is 1. The first-order valence-electron chi connectivity index (χ1n) is 7.72. The Morgan fingerprint density at radius 2 is 2.17 bits per heavy atom. The third-order valence-corrected chi connectivity index (χ3v) is 4.19. The zero-order chi connectivity index (χ0) is 16.7. The highest BCUT2D eigenvalue weighted by atomic mass is 35.5. The molecule has 0 aromatic heterocycles. The van der Waals surface area contributed by atoms with Crippen LogP contribution in [0.25, 0.3) is 0 Å². The van der Waals surface area contributed by atoms with Gasteiger partial charge in [-0.2, -0.15) is 5.06 Å². The molecule has 1 aromatic rings. The van der Waals surface area contributed by atoms with E-state index in [0.717, 1.165) is 25.9 Å². The number of carbonyl (C=O) groups is 1. The van der Waals surface area contributed by atoms with Crippen LogP contribution in [0.15, 0.2) is 18.2 Å². The zero-order valence-corrected chi connectivity index (χ0v) is 13.9. The van der Waals surface area contributed by atoms with Gasteiger partial charge in [-0.1, -0.05) is 17.7 Å². The van der Waals surface area contributed by atoms with Crippen molar-refractivity contribution >= 4 is 17.5 Å². The molecule has 1 aliphatic rings.